The highest BCUT2D eigenvalue weighted by atomic mass is 19.2. The minimum Gasteiger partial charge on any atom is -0.389 e. The molecule has 0 bridgehead atoms. The molecule has 0 spiro atoms. The molecular weight excluding hydrogens is 236 g/mol. The van der Waals surface area contributed by atoms with Gasteiger partial charge in [-0.2, -0.15) is 0 Å². The molecule has 0 saturated heterocycles. The zero-order valence-electron chi connectivity index (χ0n) is 11.1. The molecule has 0 aromatic heterocycles. The highest BCUT2D eigenvalue weighted by Gasteiger charge is 2.21. The van der Waals surface area contributed by atoms with E-state index in [4.69, 9.17) is 0 Å². The van der Waals surface area contributed by atoms with Crippen LogP contribution in [-0.4, -0.2) is 17.3 Å². The maximum absolute atomic E-state index is 13.0. The Kier molecular flexibility index (Phi) is 5.23. The number of hydrogen-bond acceptors (Lipinski definition) is 2. The van der Waals surface area contributed by atoms with E-state index in [-0.39, 0.29) is 0 Å². The van der Waals surface area contributed by atoms with Gasteiger partial charge in [-0.05, 0) is 37.0 Å². The van der Waals surface area contributed by atoms with E-state index in [2.05, 4.69) is 5.32 Å². The molecule has 0 aliphatic heterocycles. The van der Waals surface area contributed by atoms with E-state index >= 15 is 0 Å². The van der Waals surface area contributed by atoms with Crippen molar-refractivity contribution in [1.82, 2.24) is 5.32 Å². The van der Waals surface area contributed by atoms with Gasteiger partial charge < -0.3 is 10.4 Å². The zero-order valence-corrected chi connectivity index (χ0v) is 11.1. The molecule has 102 valence electrons. The van der Waals surface area contributed by atoms with Gasteiger partial charge in [-0.25, -0.2) is 8.78 Å². The van der Waals surface area contributed by atoms with E-state index in [1.54, 1.807) is 6.92 Å². The SMILES string of the molecule is CC(C)CC(C)(O)CNCc1ccc(F)c(F)c1. The summed E-state index contributed by atoms with van der Waals surface area (Å²) in [5, 5.41) is 13.1. The van der Waals surface area contributed by atoms with Crippen molar-refractivity contribution in [3.05, 3.63) is 35.4 Å². The number of halogens is 2. The number of hydrogen-bond donors (Lipinski definition) is 2. The van der Waals surface area contributed by atoms with Crippen LogP contribution in [0.5, 0.6) is 0 Å². The Morgan fingerprint density at radius 3 is 2.50 bits per heavy atom. The fourth-order valence-electron chi connectivity index (χ4n) is 2.08. The quantitative estimate of drug-likeness (QED) is 0.821. The summed E-state index contributed by atoms with van der Waals surface area (Å²) < 4.78 is 25.7. The Labute approximate surface area is 107 Å². The lowest BCUT2D eigenvalue weighted by molar-refractivity contribution is 0.0383. The Balaban J connectivity index is 2.43. The predicted octanol–water partition coefficient (Wildman–Crippen LogP) is 2.85. The van der Waals surface area contributed by atoms with Gasteiger partial charge in [0.2, 0.25) is 0 Å². The molecule has 4 heteroatoms. The van der Waals surface area contributed by atoms with E-state index in [1.165, 1.54) is 12.1 Å². The van der Waals surface area contributed by atoms with Crippen LogP contribution in [0.15, 0.2) is 18.2 Å². The highest BCUT2D eigenvalue weighted by molar-refractivity contribution is 5.17. The molecule has 2 nitrogen and oxygen atoms in total. The molecule has 1 atom stereocenters. The van der Waals surface area contributed by atoms with Crippen LogP contribution < -0.4 is 5.32 Å². The van der Waals surface area contributed by atoms with E-state index in [1.807, 2.05) is 13.8 Å². The molecule has 2 N–H and O–H groups in total. The van der Waals surface area contributed by atoms with Crippen LogP contribution in [-0.2, 0) is 6.54 Å². The lowest BCUT2D eigenvalue weighted by Crippen LogP contribution is -2.38. The smallest absolute Gasteiger partial charge is 0.159 e. The van der Waals surface area contributed by atoms with Crippen molar-refractivity contribution < 1.29 is 13.9 Å². The summed E-state index contributed by atoms with van der Waals surface area (Å²) >= 11 is 0. The summed E-state index contributed by atoms with van der Waals surface area (Å²) in [4.78, 5) is 0. The fraction of sp³-hybridized carbons (Fsp3) is 0.571. The molecule has 1 aromatic rings. The predicted molar refractivity (Wildman–Crippen MR) is 68.1 cm³/mol. The molecule has 0 amide bonds. The second kappa shape index (κ2) is 6.25. The maximum Gasteiger partial charge on any atom is 0.159 e. The summed E-state index contributed by atoms with van der Waals surface area (Å²) in [7, 11) is 0. The lowest BCUT2D eigenvalue weighted by Gasteiger charge is -2.25. The third-order valence-electron chi connectivity index (χ3n) is 2.67. The van der Waals surface area contributed by atoms with E-state index in [9.17, 15) is 13.9 Å². The summed E-state index contributed by atoms with van der Waals surface area (Å²) in [5.74, 6) is -1.28. The maximum atomic E-state index is 13.0. The molecule has 0 saturated carbocycles. The number of aliphatic hydroxyl groups is 1. The Morgan fingerprint density at radius 2 is 1.94 bits per heavy atom. The third-order valence-corrected chi connectivity index (χ3v) is 2.67. The molecule has 1 aromatic carbocycles. The minimum absolute atomic E-state index is 0.407. The average molecular weight is 257 g/mol. The Bertz CT molecular complexity index is 391. The van der Waals surface area contributed by atoms with Gasteiger partial charge in [0.15, 0.2) is 11.6 Å². The molecule has 0 radical (unpaired) electrons. The fourth-order valence-corrected chi connectivity index (χ4v) is 2.08. The van der Waals surface area contributed by atoms with Gasteiger partial charge in [0, 0.05) is 13.1 Å². The summed E-state index contributed by atoms with van der Waals surface area (Å²) in [5.41, 5.74) is -0.124. The number of rotatable bonds is 6. The third kappa shape index (κ3) is 5.10. The average Bonchev–Trinajstić information content (AvgIpc) is 2.21. The van der Waals surface area contributed by atoms with Gasteiger partial charge in [-0.3, -0.25) is 0 Å². The van der Waals surface area contributed by atoms with Crippen molar-refractivity contribution in [3.63, 3.8) is 0 Å². The second-order valence-electron chi connectivity index (χ2n) is 5.45. The molecule has 0 fully saturated rings. The van der Waals surface area contributed by atoms with E-state index in [0.29, 0.717) is 31.0 Å². The topological polar surface area (TPSA) is 32.3 Å². The molecule has 0 heterocycles. The molecule has 0 aliphatic carbocycles. The van der Waals surface area contributed by atoms with Gasteiger partial charge in [0.05, 0.1) is 5.60 Å². The zero-order chi connectivity index (χ0) is 13.8. The van der Waals surface area contributed by atoms with E-state index in [0.717, 1.165) is 6.07 Å². The van der Waals surface area contributed by atoms with Gasteiger partial charge in [-0.1, -0.05) is 19.9 Å². The molecular formula is C14H21F2NO. The van der Waals surface area contributed by atoms with Crippen LogP contribution in [0.3, 0.4) is 0 Å². The van der Waals surface area contributed by atoms with Crippen LogP contribution >= 0.6 is 0 Å². The van der Waals surface area contributed by atoms with Crippen molar-refractivity contribution in [2.45, 2.75) is 39.3 Å². The van der Waals surface area contributed by atoms with Crippen molar-refractivity contribution >= 4 is 0 Å². The summed E-state index contributed by atoms with van der Waals surface area (Å²) in [6, 6.07) is 3.81. The van der Waals surface area contributed by atoms with Crippen LogP contribution in [0.4, 0.5) is 8.78 Å². The minimum atomic E-state index is -0.844. The highest BCUT2D eigenvalue weighted by Crippen LogP contribution is 2.15. The van der Waals surface area contributed by atoms with Crippen LogP contribution in [0.25, 0.3) is 0 Å². The van der Waals surface area contributed by atoms with Crippen LogP contribution in [0.2, 0.25) is 0 Å². The Morgan fingerprint density at radius 1 is 1.28 bits per heavy atom. The van der Waals surface area contributed by atoms with Gasteiger partial charge in [0.25, 0.3) is 0 Å². The Hall–Kier alpha value is -1.00. The molecule has 1 unspecified atom stereocenters. The normalized spacial score (nSPS) is 14.8. The van der Waals surface area contributed by atoms with Crippen LogP contribution in [0, 0.1) is 17.6 Å². The van der Waals surface area contributed by atoms with Gasteiger partial charge >= 0.3 is 0 Å². The monoisotopic (exact) mass is 257 g/mol. The van der Waals surface area contributed by atoms with Crippen molar-refractivity contribution in [1.29, 1.82) is 0 Å². The van der Waals surface area contributed by atoms with Gasteiger partial charge in [0.1, 0.15) is 0 Å². The lowest BCUT2D eigenvalue weighted by atomic mass is 9.94. The first-order chi connectivity index (χ1) is 8.30. The van der Waals surface area contributed by atoms with E-state index < -0.39 is 17.2 Å². The number of nitrogens with one attached hydrogen (secondary N) is 1. The first-order valence-corrected chi connectivity index (χ1v) is 6.17. The van der Waals surface area contributed by atoms with Crippen LogP contribution in [0.1, 0.15) is 32.8 Å². The largest absolute Gasteiger partial charge is 0.389 e. The van der Waals surface area contributed by atoms with Crippen molar-refractivity contribution in [3.8, 4) is 0 Å². The first kappa shape index (κ1) is 15.1. The second-order valence-corrected chi connectivity index (χ2v) is 5.45. The molecule has 1 rings (SSSR count). The first-order valence-electron chi connectivity index (χ1n) is 6.17. The summed E-state index contributed by atoms with van der Waals surface area (Å²) in [6.45, 7) is 6.69. The molecule has 18 heavy (non-hydrogen) atoms. The molecule has 0 aliphatic rings. The summed E-state index contributed by atoms with van der Waals surface area (Å²) in [6.07, 6.45) is 0.692. The van der Waals surface area contributed by atoms with Crippen molar-refractivity contribution in [2.24, 2.45) is 5.92 Å². The standard InChI is InChI=1S/C14H21F2NO/c1-10(2)7-14(3,18)9-17-8-11-4-5-12(15)13(16)6-11/h4-6,10,17-18H,7-9H2,1-3H3. The van der Waals surface area contributed by atoms with Crippen molar-refractivity contribution in [2.75, 3.05) is 6.54 Å². The number of benzene rings is 1. The van der Waals surface area contributed by atoms with Gasteiger partial charge in [-0.15, -0.1) is 0 Å².